The summed E-state index contributed by atoms with van der Waals surface area (Å²) in [5, 5.41) is 12.0. The average Bonchev–Trinajstić information content (AvgIpc) is 2.76. The predicted molar refractivity (Wildman–Crippen MR) is 142 cm³/mol. The highest BCUT2D eigenvalue weighted by atomic mass is 32.2. The Balaban J connectivity index is 0. The van der Waals surface area contributed by atoms with Gasteiger partial charge in [0.1, 0.15) is 0 Å². The zero-order valence-corrected chi connectivity index (χ0v) is 23.3. The molecule has 1 atom stereocenters. The molecule has 0 spiro atoms. The molecule has 1 unspecified atom stereocenters. The number of rotatable bonds is 23. The lowest BCUT2D eigenvalue weighted by atomic mass is 10.0. The Bertz CT molecular complexity index is 472. The highest BCUT2D eigenvalue weighted by Crippen LogP contribution is 2.25. The first-order chi connectivity index (χ1) is 16.2. The van der Waals surface area contributed by atoms with Crippen LogP contribution in [0.2, 0.25) is 0 Å². The third-order valence-electron chi connectivity index (χ3n) is 5.23. The van der Waals surface area contributed by atoms with Gasteiger partial charge >= 0.3 is 7.82 Å². The molecule has 1 amide bonds. The highest BCUT2D eigenvalue weighted by molar-refractivity contribution is 7.99. The molecule has 0 bridgehead atoms. The number of nitrogens with one attached hydrogen (secondary N) is 1. The third kappa shape index (κ3) is 39.1. The Kier molecular flexibility index (Phi) is 29.1. The van der Waals surface area contributed by atoms with Crippen LogP contribution in [0, 0.1) is 0 Å². The molecule has 0 radical (unpaired) electrons. The fraction of sp³-hybridized carbons (Fsp3) is 0.958. The van der Waals surface area contributed by atoms with Crippen molar-refractivity contribution >= 4 is 25.5 Å². The van der Waals surface area contributed by atoms with Gasteiger partial charge in [0.15, 0.2) is 0 Å². The fourth-order valence-corrected chi connectivity index (χ4v) is 4.44. The van der Waals surface area contributed by atoms with E-state index in [-0.39, 0.29) is 18.6 Å². The number of hydrogen-bond acceptors (Lipinski definition) is 5. The summed E-state index contributed by atoms with van der Waals surface area (Å²) < 4.78 is 14.5. The van der Waals surface area contributed by atoms with Gasteiger partial charge in [-0.1, -0.05) is 96.8 Å². The van der Waals surface area contributed by atoms with E-state index in [1.165, 1.54) is 103 Å². The van der Waals surface area contributed by atoms with E-state index in [1.54, 1.807) is 0 Å². The molecule has 10 heteroatoms. The first kappa shape index (κ1) is 36.0. The number of aliphatic hydroxyl groups is 1. The minimum Gasteiger partial charge on any atom is -0.394 e. The molecule has 5 N–H and O–H groups in total. The van der Waals surface area contributed by atoms with E-state index in [0.29, 0.717) is 13.2 Å². The van der Waals surface area contributed by atoms with Crippen molar-refractivity contribution in [2.45, 2.75) is 116 Å². The van der Waals surface area contributed by atoms with Crippen LogP contribution in [0.3, 0.4) is 0 Å². The van der Waals surface area contributed by atoms with E-state index in [2.05, 4.69) is 12.2 Å². The van der Waals surface area contributed by atoms with E-state index in [0.717, 1.165) is 11.5 Å². The molecule has 0 rings (SSSR count). The molecule has 34 heavy (non-hydrogen) atoms. The number of unbranched alkanes of at least 4 members (excludes halogenated alkanes) is 14. The molecule has 0 heterocycles. The normalized spacial score (nSPS) is 12.2. The summed E-state index contributed by atoms with van der Waals surface area (Å²) in [6.45, 7) is 4.80. The Morgan fingerprint density at radius 3 is 1.65 bits per heavy atom. The molecule has 0 aromatic rings. The summed E-state index contributed by atoms with van der Waals surface area (Å²) in [5.41, 5.74) is 0. The van der Waals surface area contributed by atoms with Crippen LogP contribution in [0.5, 0.6) is 0 Å². The Morgan fingerprint density at radius 2 is 1.26 bits per heavy atom. The van der Waals surface area contributed by atoms with Crippen molar-refractivity contribution in [3.05, 3.63) is 0 Å². The van der Waals surface area contributed by atoms with Crippen LogP contribution in [0.4, 0.5) is 0 Å². The molecule has 0 aliphatic heterocycles. The topological polar surface area (TPSA) is 136 Å². The summed E-state index contributed by atoms with van der Waals surface area (Å²) in [4.78, 5) is 32.3. The molecule has 0 aliphatic rings. The lowest BCUT2D eigenvalue weighted by molar-refractivity contribution is -0.119. The van der Waals surface area contributed by atoms with Gasteiger partial charge in [-0.05, 0) is 12.2 Å². The maximum Gasteiger partial charge on any atom is 0.466 e. The van der Waals surface area contributed by atoms with Crippen LogP contribution in [-0.2, 0) is 14.1 Å². The van der Waals surface area contributed by atoms with Crippen molar-refractivity contribution in [2.75, 3.05) is 31.3 Å². The average molecular weight is 530 g/mol. The molecule has 0 aliphatic carbocycles. The van der Waals surface area contributed by atoms with Crippen molar-refractivity contribution < 1.29 is 33.9 Å². The summed E-state index contributed by atoms with van der Waals surface area (Å²) in [6, 6.07) is 0. The van der Waals surface area contributed by atoms with Crippen LogP contribution in [-0.4, -0.2) is 63.1 Å². The molecule has 0 saturated heterocycles. The van der Waals surface area contributed by atoms with Crippen LogP contribution in [0.15, 0.2) is 0 Å². The maximum atomic E-state index is 10.8. The van der Waals surface area contributed by atoms with Gasteiger partial charge in [0.25, 0.3) is 0 Å². The zero-order valence-electron chi connectivity index (χ0n) is 21.6. The van der Waals surface area contributed by atoms with E-state index in [9.17, 15) is 9.90 Å². The first-order valence-corrected chi connectivity index (χ1v) is 15.8. The predicted octanol–water partition coefficient (Wildman–Crippen LogP) is 5.18. The van der Waals surface area contributed by atoms with E-state index in [4.69, 9.17) is 24.0 Å². The second-order valence-electron chi connectivity index (χ2n) is 8.70. The highest BCUT2D eigenvalue weighted by Gasteiger charge is 2.07. The van der Waals surface area contributed by atoms with Crippen LogP contribution < -0.4 is 5.32 Å². The molecule has 0 fully saturated rings. The summed E-state index contributed by atoms with van der Waals surface area (Å²) in [6.07, 6.45) is 20.8. The van der Waals surface area contributed by atoms with Gasteiger partial charge in [-0.15, -0.1) is 0 Å². The van der Waals surface area contributed by atoms with Gasteiger partial charge < -0.3 is 29.8 Å². The quantitative estimate of drug-likeness (QED) is 0.0903. The summed E-state index contributed by atoms with van der Waals surface area (Å²) in [5.74, 6) is 1.93. The lowest BCUT2D eigenvalue weighted by Crippen LogP contribution is -2.29. The van der Waals surface area contributed by atoms with Crippen LogP contribution >= 0.6 is 19.6 Å². The standard InChI is InChI=1S/C24H49NO3S.H3O4P/c1-3-4-5-6-7-8-9-10-11-12-13-14-15-16-17-20-29-22-24(21-26)28-19-18-25-23(2)27;1-5(2,3)4/h24,26H,3-22H2,1-2H3,(H,25,27);(H3,1,2,3,4). The maximum absolute atomic E-state index is 10.8. The van der Waals surface area contributed by atoms with Crippen molar-refractivity contribution in [2.24, 2.45) is 0 Å². The Hall–Kier alpha value is -0.150. The van der Waals surface area contributed by atoms with Gasteiger partial charge in [-0.2, -0.15) is 11.8 Å². The molecular weight excluding hydrogens is 477 g/mol. The minimum atomic E-state index is -4.64. The molecule has 0 aromatic heterocycles. The Morgan fingerprint density at radius 1 is 0.853 bits per heavy atom. The number of carbonyl (C=O) groups excluding carboxylic acids is 1. The molecular formula is C24H52NO7PS. The van der Waals surface area contributed by atoms with Gasteiger partial charge in [-0.25, -0.2) is 4.57 Å². The van der Waals surface area contributed by atoms with Crippen molar-refractivity contribution in [3.8, 4) is 0 Å². The number of ether oxygens (including phenoxy) is 1. The largest absolute Gasteiger partial charge is 0.466 e. The van der Waals surface area contributed by atoms with Crippen LogP contribution in [0.1, 0.15) is 110 Å². The smallest absolute Gasteiger partial charge is 0.394 e. The van der Waals surface area contributed by atoms with E-state index >= 15 is 0 Å². The van der Waals surface area contributed by atoms with Crippen molar-refractivity contribution in [3.63, 3.8) is 0 Å². The van der Waals surface area contributed by atoms with E-state index in [1.807, 2.05) is 11.8 Å². The molecule has 0 aromatic carbocycles. The van der Waals surface area contributed by atoms with Crippen molar-refractivity contribution in [1.82, 2.24) is 5.32 Å². The molecule has 0 saturated carbocycles. The SMILES string of the molecule is CCCCCCCCCCCCCCCCCSCC(CO)OCCNC(C)=O.O=P(O)(O)O. The third-order valence-corrected chi connectivity index (χ3v) is 6.41. The van der Waals surface area contributed by atoms with Gasteiger partial charge in [-0.3, -0.25) is 4.79 Å². The number of hydrogen-bond donors (Lipinski definition) is 5. The molecule has 206 valence electrons. The summed E-state index contributed by atoms with van der Waals surface area (Å²) in [7, 11) is -4.64. The number of amides is 1. The first-order valence-electron chi connectivity index (χ1n) is 13.0. The summed E-state index contributed by atoms with van der Waals surface area (Å²) >= 11 is 1.86. The van der Waals surface area contributed by atoms with Crippen molar-refractivity contribution in [1.29, 1.82) is 0 Å². The number of thioether (sulfide) groups is 1. The number of aliphatic hydroxyl groups excluding tert-OH is 1. The fourth-order valence-electron chi connectivity index (χ4n) is 3.40. The molecule has 8 nitrogen and oxygen atoms in total. The lowest BCUT2D eigenvalue weighted by Gasteiger charge is -2.15. The number of phosphoric acid groups is 1. The van der Waals surface area contributed by atoms with Gasteiger partial charge in [0.2, 0.25) is 5.91 Å². The second-order valence-corrected chi connectivity index (χ2v) is 10.9. The van der Waals surface area contributed by atoms with Crippen LogP contribution in [0.25, 0.3) is 0 Å². The van der Waals surface area contributed by atoms with Gasteiger partial charge in [0.05, 0.1) is 19.3 Å². The zero-order chi connectivity index (χ0) is 25.9. The van der Waals surface area contributed by atoms with Gasteiger partial charge in [0, 0.05) is 19.2 Å². The Labute approximate surface area is 212 Å². The second kappa shape index (κ2) is 27.4. The minimum absolute atomic E-state index is 0.0447. The van der Waals surface area contributed by atoms with E-state index < -0.39 is 7.82 Å². The number of carbonyl (C=O) groups is 1. The monoisotopic (exact) mass is 529 g/mol.